The van der Waals surface area contributed by atoms with E-state index in [4.69, 9.17) is 14.2 Å². The molecule has 0 radical (unpaired) electrons. The average Bonchev–Trinajstić information content (AvgIpc) is 2.99. The first kappa shape index (κ1) is 18.8. The van der Waals surface area contributed by atoms with E-state index in [0.29, 0.717) is 12.1 Å². The summed E-state index contributed by atoms with van der Waals surface area (Å²) in [6, 6.07) is 7.38. The van der Waals surface area contributed by atoms with Crippen LogP contribution in [0.4, 0.5) is 4.79 Å². The van der Waals surface area contributed by atoms with E-state index >= 15 is 0 Å². The van der Waals surface area contributed by atoms with Crippen LogP contribution in [0.15, 0.2) is 29.8 Å². The Hall–Kier alpha value is -2.50. The molecule has 1 aromatic rings. The molecule has 1 aromatic carbocycles. The van der Waals surface area contributed by atoms with Crippen LogP contribution in [0.1, 0.15) is 33.3 Å². The minimum Gasteiger partial charge on any atom is -0.497 e. The lowest BCUT2D eigenvalue weighted by Gasteiger charge is -2.24. The molecule has 0 saturated carbocycles. The van der Waals surface area contributed by atoms with Crippen molar-refractivity contribution < 1.29 is 23.8 Å². The van der Waals surface area contributed by atoms with Crippen molar-refractivity contribution in [1.82, 2.24) is 4.90 Å². The SMILES string of the molecule is CCOC(=O)C1=C(c2ccc(OC)cc2)CN(C(=O)OC(C)(C)C)C1. The highest BCUT2D eigenvalue weighted by Crippen LogP contribution is 2.30. The van der Waals surface area contributed by atoms with Crippen LogP contribution in [0.25, 0.3) is 5.57 Å². The van der Waals surface area contributed by atoms with Gasteiger partial charge in [0, 0.05) is 0 Å². The van der Waals surface area contributed by atoms with Crippen LogP contribution in [0.5, 0.6) is 5.75 Å². The van der Waals surface area contributed by atoms with Crippen molar-refractivity contribution in [1.29, 1.82) is 0 Å². The highest BCUT2D eigenvalue weighted by molar-refractivity contribution is 6.01. The standard InChI is InChI=1S/C19H25NO5/c1-6-24-17(21)16-12-20(18(22)25-19(2,3)4)11-15(16)13-7-9-14(23-5)10-8-13/h7-10H,6,11-12H2,1-5H3. The first-order chi connectivity index (χ1) is 11.7. The van der Waals surface area contributed by atoms with Crippen LogP contribution in [-0.2, 0) is 14.3 Å². The van der Waals surface area contributed by atoms with Crippen molar-refractivity contribution in [2.75, 3.05) is 26.8 Å². The predicted octanol–water partition coefficient (Wildman–Crippen LogP) is 3.26. The molecule has 0 aromatic heterocycles. The minimum atomic E-state index is -0.593. The molecule has 0 atom stereocenters. The Morgan fingerprint density at radius 2 is 1.76 bits per heavy atom. The van der Waals surface area contributed by atoms with Crippen LogP contribution in [0.3, 0.4) is 0 Å². The number of esters is 1. The van der Waals surface area contributed by atoms with Crippen molar-refractivity contribution in [3.8, 4) is 5.75 Å². The Kier molecular flexibility index (Phi) is 5.72. The molecule has 1 aliphatic rings. The van der Waals surface area contributed by atoms with Gasteiger partial charge in [-0.2, -0.15) is 0 Å². The van der Waals surface area contributed by atoms with E-state index in [1.54, 1.807) is 14.0 Å². The number of hydrogen-bond donors (Lipinski definition) is 0. The van der Waals surface area contributed by atoms with E-state index in [0.717, 1.165) is 16.9 Å². The van der Waals surface area contributed by atoms with Gasteiger partial charge < -0.3 is 14.2 Å². The zero-order chi connectivity index (χ0) is 18.6. The molecule has 1 heterocycles. The number of nitrogens with zero attached hydrogens (tertiary/aromatic N) is 1. The Morgan fingerprint density at radius 1 is 1.12 bits per heavy atom. The lowest BCUT2D eigenvalue weighted by Crippen LogP contribution is -2.36. The number of rotatable bonds is 4. The third-order valence-corrected chi connectivity index (χ3v) is 3.67. The maximum Gasteiger partial charge on any atom is 0.410 e. The quantitative estimate of drug-likeness (QED) is 0.782. The fourth-order valence-electron chi connectivity index (χ4n) is 2.55. The molecular formula is C19H25NO5. The van der Waals surface area contributed by atoms with Crippen LogP contribution < -0.4 is 4.74 Å². The smallest absolute Gasteiger partial charge is 0.410 e. The van der Waals surface area contributed by atoms with E-state index in [1.807, 2.05) is 45.0 Å². The van der Waals surface area contributed by atoms with Crippen molar-refractivity contribution in [2.24, 2.45) is 0 Å². The normalized spacial score (nSPS) is 14.5. The molecule has 0 aliphatic carbocycles. The largest absolute Gasteiger partial charge is 0.497 e. The number of amides is 1. The molecule has 6 heteroatoms. The van der Waals surface area contributed by atoms with Gasteiger partial charge in [0.05, 0.1) is 32.4 Å². The second-order valence-corrected chi connectivity index (χ2v) is 6.74. The fourth-order valence-corrected chi connectivity index (χ4v) is 2.55. The summed E-state index contributed by atoms with van der Waals surface area (Å²) in [5.74, 6) is 0.323. The van der Waals surface area contributed by atoms with Gasteiger partial charge in [-0.25, -0.2) is 9.59 Å². The van der Waals surface area contributed by atoms with Crippen molar-refractivity contribution in [2.45, 2.75) is 33.3 Å². The Morgan fingerprint density at radius 3 is 2.28 bits per heavy atom. The second-order valence-electron chi connectivity index (χ2n) is 6.74. The number of carbonyl (C=O) groups excluding carboxylic acids is 2. The van der Waals surface area contributed by atoms with Crippen LogP contribution >= 0.6 is 0 Å². The first-order valence-electron chi connectivity index (χ1n) is 8.26. The third kappa shape index (κ3) is 4.75. The minimum absolute atomic E-state index is 0.176. The Bertz CT molecular complexity index is 670. The zero-order valence-corrected chi connectivity index (χ0v) is 15.4. The summed E-state index contributed by atoms with van der Waals surface area (Å²) in [7, 11) is 1.60. The predicted molar refractivity (Wildman–Crippen MR) is 94.4 cm³/mol. The van der Waals surface area contributed by atoms with E-state index < -0.39 is 17.7 Å². The lowest BCUT2D eigenvalue weighted by atomic mass is 10.0. The molecule has 0 N–H and O–H groups in total. The summed E-state index contributed by atoms with van der Waals surface area (Å²) in [4.78, 5) is 26.2. The van der Waals surface area contributed by atoms with E-state index in [1.165, 1.54) is 4.90 Å². The highest BCUT2D eigenvalue weighted by atomic mass is 16.6. The fraction of sp³-hybridized carbons (Fsp3) is 0.474. The maximum atomic E-state index is 12.4. The van der Waals surface area contributed by atoms with Gasteiger partial charge in [0.1, 0.15) is 11.4 Å². The molecule has 0 fully saturated rings. The molecule has 1 amide bonds. The van der Waals surface area contributed by atoms with Crippen molar-refractivity contribution in [3.05, 3.63) is 35.4 Å². The van der Waals surface area contributed by atoms with Gasteiger partial charge in [-0.3, -0.25) is 4.90 Å². The molecule has 1 aliphatic heterocycles. The monoisotopic (exact) mass is 347 g/mol. The van der Waals surface area contributed by atoms with Gasteiger partial charge >= 0.3 is 12.1 Å². The number of methoxy groups -OCH3 is 1. The third-order valence-electron chi connectivity index (χ3n) is 3.67. The first-order valence-corrected chi connectivity index (χ1v) is 8.26. The summed E-state index contributed by atoms with van der Waals surface area (Å²) in [6.07, 6.45) is -0.446. The molecule has 0 saturated heterocycles. The average molecular weight is 347 g/mol. The Labute approximate surface area is 148 Å². The lowest BCUT2D eigenvalue weighted by molar-refractivity contribution is -0.138. The topological polar surface area (TPSA) is 65.1 Å². The summed E-state index contributed by atoms with van der Waals surface area (Å²) >= 11 is 0. The van der Waals surface area contributed by atoms with Gasteiger partial charge in [-0.05, 0) is 51.0 Å². The van der Waals surface area contributed by atoms with Gasteiger partial charge in [-0.1, -0.05) is 12.1 Å². The van der Waals surface area contributed by atoms with E-state index in [2.05, 4.69) is 0 Å². The van der Waals surface area contributed by atoms with Gasteiger partial charge in [0.2, 0.25) is 0 Å². The second kappa shape index (κ2) is 7.59. The molecule has 0 bridgehead atoms. The van der Waals surface area contributed by atoms with E-state index in [9.17, 15) is 9.59 Å². The molecule has 0 spiro atoms. The summed E-state index contributed by atoms with van der Waals surface area (Å²) in [5, 5.41) is 0. The molecule has 25 heavy (non-hydrogen) atoms. The molecule has 6 nitrogen and oxygen atoms in total. The van der Waals surface area contributed by atoms with E-state index in [-0.39, 0.29) is 13.2 Å². The van der Waals surface area contributed by atoms with Crippen molar-refractivity contribution >= 4 is 17.6 Å². The van der Waals surface area contributed by atoms with Crippen LogP contribution in [0.2, 0.25) is 0 Å². The van der Waals surface area contributed by atoms with Crippen LogP contribution in [-0.4, -0.2) is 49.4 Å². The summed E-state index contributed by atoms with van der Waals surface area (Å²) < 4.78 is 15.7. The highest BCUT2D eigenvalue weighted by Gasteiger charge is 2.33. The molecule has 2 rings (SSSR count). The molecule has 136 valence electrons. The van der Waals surface area contributed by atoms with Gasteiger partial charge in [0.25, 0.3) is 0 Å². The summed E-state index contributed by atoms with van der Waals surface area (Å²) in [6.45, 7) is 7.95. The van der Waals surface area contributed by atoms with Gasteiger partial charge in [-0.15, -0.1) is 0 Å². The number of carbonyl (C=O) groups is 2. The van der Waals surface area contributed by atoms with Crippen molar-refractivity contribution in [3.63, 3.8) is 0 Å². The number of ether oxygens (including phenoxy) is 3. The molecule has 0 unspecified atom stereocenters. The van der Waals surface area contributed by atoms with Crippen LogP contribution in [0, 0.1) is 0 Å². The van der Waals surface area contributed by atoms with Gasteiger partial charge in [0.15, 0.2) is 0 Å². The summed E-state index contributed by atoms with van der Waals surface area (Å²) in [5.41, 5.74) is 1.52. The molecular weight excluding hydrogens is 322 g/mol. The maximum absolute atomic E-state index is 12.4. The Balaban J connectivity index is 2.28. The number of hydrogen-bond acceptors (Lipinski definition) is 5. The zero-order valence-electron chi connectivity index (χ0n) is 15.4. The number of benzene rings is 1.